The fourth-order valence-corrected chi connectivity index (χ4v) is 2.03. The van der Waals surface area contributed by atoms with Gasteiger partial charge >= 0.3 is 0 Å². The van der Waals surface area contributed by atoms with Crippen LogP contribution < -0.4 is 14.8 Å². The smallest absolute Gasteiger partial charge is 0.162 e. The maximum Gasteiger partial charge on any atom is 0.162 e. The van der Waals surface area contributed by atoms with Gasteiger partial charge in [0.05, 0.1) is 20.3 Å². The van der Waals surface area contributed by atoms with Gasteiger partial charge in [-0.05, 0) is 25.2 Å². The van der Waals surface area contributed by atoms with Crippen molar-refractivity contribution in [3.8, 4) is 11.5 Å². The molecule has 5 nitrogen and oxygen atoms in total. The molecule has 2 N–H and O–H groups in total. The van der Waals surface area contributed by atoms with Crippen LogP contribution in [0.3, 0.4) is 0 Å². The number of hydrogen-bond donors (Lipinski definition) is 2. The highest BCUT2D eigenvalue weighted by Gasteiger charge is 2.09. The molecule has 0 aromatic heterocycles. The van der Waals surface area contributed by atoms with Crippen LogP contribution in [0, 0.1) is 0 Å². The van der Waals surface area contributed by atoms with Crippen LogP contribution in [0.25, 0.3) is 0 Å². The van der Waals surface area contributed by atoms with Crippen LogP contribution >= 0.6 is 0 Å². The topological polar surface area (TPSA) is 54.0 Å². The van der Waals surface area contributed by atoms with E-state index in [1.807, 2.05) is 18.2 Å². The van der Waals surface area contributed by atoms with Gasteiger partial charge in [0.1, 0.15) is 0 Å². The molecule has 1 aromatic carbocycles. The molecule has 0 aliphatic rings. The average Bonchev–Trinajstić information content (AvgIpc) is 2.50. The molecular formula is C15H26N2O3. The lowest BCUT2D eigenvalue weighted by molar-refractivity contribution is 0.128. The first-order valence-electron chi connectivity index (χ1n) is 7.00. The van der Waals surface area contributed by atoms with Crippen molar-refractivity contribution in [2.75, 3.05) is 45.7 Å². The quantitative estimate of drug-likeness (QED) is 0.723. The summed E-state index contributed by atoms with van der Waals surface area (Å²) < 4.78 is 10.4. The van der Waals surface area contributed by atoms with E-state index in [2.05, 4.69) is 24.1 Å². The summed E-state index contributed by atoms with van der Waals surface area (Å²) in [5.74, 6) is 1.37. The summed E-state index contributed by atoms with van der Waals surface area (Å²) in [6, 6.07) is 5.62. The zero-order valence-electron chi connectivity index (χ0n) is 12.8. The Morgan fingerprint density at radius 3 is 2.35 bits per heavy atom. The summed E-state index contributed by atoms with van der Waals surface area (Å²) in [4.78, 5) is 2.20. The Labute approximate surface area is 121 Å². The molecule has 0 saturated heterocycles. The van der Waals surface area contributed by atoms with E-state index in [4.69, 9.17) is 9.47 Å². The summed E-state index contributed by atoms with van der Waals surface area (Å²) in [5.41, 5.74) is 0.904. The highest BCUT2D eigenvalue weighted by molar-refractivity contribution is 5.54. The van der Waals surface area contributed by atoms with E-state index in [1.165, 1.54) is 0 Å². The summed E-state index contributed by atoms with van der Waals surface area (Å²) >= 11 is 0. The molecule has 1 unspecified atom stereocenters. The normalized spacial score (nSPS) is 12.3. The number of aliphatic hydroxyl groups excluding tert-OH is 1. The Balaban J connectivity index is 2.52. The number of rotatable bonds is 9. The minimum atomic E-state index is -0.400. The van der Waals surface area contributed by atoms with E-state index in [9.17, 15) is 5.11 Å². The predicted octanol–water partition coefficient (Wildman–Crippen LogP) is 1.82. The van der Waals surface area contributed by atoms with E-state index in [-0.39, 0.29) is 0 Å². The number of ether oxygens (including phenoxy) is 2. The highest BCUT2D eigenvalue weighted by Crippen LogP contribution is 2.29. The van der Waals surface area contributed by atoms with Crippen LogP contribution in [-0.2, 0) is 0 Å². The molecule has 0 fully saturated rings. The third-order valence-corrected chi connectivity index (χ3v) is 3.29. The summed E-state index contributed by atoms with van der Waals surface area (Å²) in [5, 5.41) is 13.2. The maximum atomic E-state index is 10.0. The lowest BCUT2D eigenvalue weighted by atomic mass is 10.2. The Bertz CT molecular complexity index is 395. The molecule has 1 aromatic rings. The third-order valence-electron chi connectivity index (χ3n) is 3.29. The van der Waals surface area contributed by atoms with E-state index in [1.54, 1.807) is 14.2 Å². The van der Waals surface area contributed by atoms with Crippen LogP contribution in [0.5, 0.6) is 11.5 Å². The Morgan fingerprint density at radius 1 is 1.15 bits per heavy atom. The number of hydrogen-bond acceptors (Lipinski definition) is 5. The predicted molar refractivity (Wildman–Crippen MR) is 81.8 cm³/mol. The number of benzene rings is 1. The molecule has 1 atom stereocenters. The van der Waals surface area contributed by atoms with Crippen molar-refractivity contribution in [3.05, 3.63) is 18.2 Å². The SMILES string of the molecule is CCN(CC)CC(O)CNc1ccc(OC)c(OC)c1. The summed E-state index contributed by atoms with van der Waals surface area (Å²) in [6.07, 6.45) is -0.400. The van der Waals surface area contributed by atoms with Gasteiger partial charge < -0.3 is 24.8 Å². The van der Waals surface area contributed by atoms with Gasteiger partial charge in [-0.3, -0.25) is 0 Å². The largest absolute Gasteiger partial charge is 0.493 e. The molecule has 0 heterocycles. The molecule has 0 aliphatic carbocycles. The van der Waals surface area contributed by atoms with Crippen LogP contribution in [-0.4, -0.2) is 56.5 Å². The zero-order chi connectivity index (χ0) is 15.0. The van der Waals surface area contributed by atoms with Crippen molar-refractivity contribution in [3.63, 3.8) is 0 Å². The fourth-order valence-electron chi connectivity index (χ4n) is 2.03. The van der Waals surface area contributed by atoms with Crippen LogP contribution in [0.4, 0.5) is 5.69 Å². The van der Waals surface area contributed by atoms with Gasteiger partial charge in [-0.1, -0.05) is 13.8 Å². The Kier molecular flexibility index (Phi) is 7.18. The van der Waals surface area contributed by atoms with Crippen LogP contribution in [0.2, 0.25) is 0 Å². The molecule has 114 valence electrons. The van der Waals surface area contributed by atoms with E-state index >= 15 is 0 Å². The number of anilines is 1. The molecule has 0 amide bonds. The molecule has 1 rings (SSSR count). The van der Waals surface area contributed by atoms with Gasteiger partial charge in [0.2, 0.25) is 0 Å². The minimum absolute atomic E-state index is 0.400. The number of likely N-dealkylation sites (N-methyl/N-ethyl adjacent to an activating group) is 1. The minimum Gasteiger partial charge on any atom is -0.493 e. The van der Waals surface area contributed by atoms with Gasteiger partial charge in [-0.25, -0.2) is 0 Å². The molecule has 0 bridgehead atoms. The fraction of sp³-hybridized carbons (Fsp3) is 0.600. The van der Waals surface area contributed by atoms with Crippen molar-refractivity contribution in [2.24, 2.45) is 0 Å². The monoisotopic (exact) mass is 282 g/mol. The van der Waals surface area contributed by atoms with Crippen LogP contribution in [0.15, 0.2) is 18.2 Å². The second-order valence-corrected chi connectivity index (χ2v) is 4.59. The summed E-state index contributed by atoms with van der Waals surface area (Å²) in [7, 11) is 3.22. The van der Waals surface area contributed by atoms with E-state index < -0.39 is 6.10 Å². The molecule has 0 radical (unpaired) electrons. The van der Waals surface area contributed by atoms with E-state index in [0.29, 0.717) is 24.6 Å². The Morgan fingerprint density at radius 2 is 1.80 bits per heavy atom. The zero-order valence-corrected chi connectivity index (χ0v) is 12.8. The average molecular weight is 282 g/mol. The Hall–Kier alpha value is -1.46. The van der Waals surface area contributed by atoms with Gasteiger partial charge in [0.25, 0.3) is 0 Å². The first-order valence-corrected chi connectivity index (χ1v) is 7.00. The lowest BCUT2D eigenvalue weighted by Crippen LogP contribution is -2.35. The molecule has 0 aliphatic heterocycles. The van der Waals surface area contributed by atoms with Crippen molar-refractivity contribution in [2.45, 2.75) is 20.0 Å². The van der Waals surface area contributed by atoms with Crippen LogP contribution in [0.1, 0.15) is 13.8 Å². The highest BCUT2D eigenvalue weighted by atomic mass is 16.5. The van der Waals surface area contributed by atoms with Crippen molar-refractivity contribution in [1.29, 1.82) is 0 Å². The lowest BCUT2D eigenvalue weighted by Gasteiger charge is -2.22. The van der Waals surface area contributed by atoms with Gasteiger partial charge in [-0.15, -0.1) is 0 Å². The van der Waals surface area contributed by atoms with Gasteiger partial charge in [0, 0.05) is 24.8 Å². The second-order valence-electron chi connectivity index (χ2n) is 4.59. The van der Waals surface area contributed by atoms with Crippen molar-refractivity contribution in [1.82, 2.24) is 4.90 Å². The summed E-state index contributed by atoms with van der Waals surface area (Å²) in [6.45, 7) is 7.27. The van der Waals surface area contributed by atoms with Gasteiger partial charge in [0.15, 0.2) is 11.5 Å². The third kappa shape index (κ3) is 4.90. The molecule has 0 saturated carbocycles. The number of nitrogens with one attached hydrogen (secondary N) is 1. The first kappa shape index (κ1) is 16.6. The van der Waals surface area contributed by atoms with Crippen molar-refractivity contribution >= 4 is 5.69 Å². The van der Waals surface area contributed by atoms with E-state index in [0.717, 1.165) is 18.8 Å². The number of aliphatic hydroxyl groups is 1. The molecular weight excluding hydrogens is 256 g/mol. The van der Waals surface area contributed by atoms with Crippen molar-refractivity contribution < 1.29 is 14.6 Å². The first-order chi connectivity index (χ1) is 9.64. The van der Waals surface area contributed by atoms with Gasteiger partial charge in [-0.2, -0.15) is 0 Å². The standard InChI is InChI=1S/C15H26N2O3/c1-5-17(6-2)11-13(18)10-16-12-7-8-14(19-3)15(9-12)20-4/h7-9,13,16,18H,5-6,10-11H2,1-4H3. The second kappa shape index (κ2) is 8.66. The maximum absolute atomic E-state index is 10.0. The molecule has 5 heteroatoms. The molecule has 20 heavy (non-hydrogen) atoms. The number of methoxy groups -OCH3 is 2. The number of nitrogens with zero attached hydrogens (tertiary/aromatic N) is 1. The molecule has 0 spiro atoms.